The van der Waals surface area contributed by atoms with Crippen LogP contribution in [0.5, 0.6) is 5.75 Å². The average molecular weight is 316 g/mol. The molecule has 0 aliphatic carbocycles. The zero-order valence-electron chi connectivity index (χ0n) is 10.1. The summed E-state index contributed by atoms with van der Waals surface area (Å²) >= 11 is 0. The van der Waals surface area contributed by atoms with Crippen LogP contribution in [0, 0.1) is 0 Å². The van der Waals surface area contributed by atoms with Crippen molar-refractivity contribution < 1.29 is 42.6 Å². The number of hydrogen-bond donors (Lipinski definition) is 2. The van der Waals surface area contributed by atoms with Crippen LogP contribution in [0.15, 0.2) is 48.6 Å². The first-order valence-corrected chi connectivity index (χ1v) is 5.26. The molecule has 0 fully saturated rings. The Kier molecular flexibility index (Phi) is 5.06. The number of aromatic hydroxyl groups is 1. The molecular formula is C14H13NO2Y. The normalized spacial score (nSPS) is 9.61. The predicted octanol–water partition coefficient (Wildman–Crippen LogP) is 3.06. The van der Waals surface area contributed by atoms with Gasteiger partial charge in [0.15, 0.2) is 0 Å². The van der Waals surface area contributed by atoms with Gasteiger partial charge in [-0.2, -0.15) is 0 Å². The summed E-state index contributed by atoms with van der Waals surface area (Å²) < 4.78 is 0. The summed E-state index contributed by atoms with van der Waals surface area (Å²) in [6, 6.07) is 10.6. The number of phenols is 1. The maximum absolute atomic E-state index is 11.6. The number of rotatable bonds is 2. The molecule has 0 bridgehead atoms. The van der Waals surface area contributed by atoms with E-state index in [-0.39, 0.29) is 44.4 Å². The Labute approximate surface area is 131 Å². The van der Waals surface area contributed by atoms with Crippen molar-refractivity contribution in [2.45, 2.75) is 6.92 Å². The van der Waals surface area contributed by atoms with Gasteiger partial charge in [0.25, 0.3) is 5.91 Å². The molecule has 0 spiro atoms. The Bertz CT molecular complexity index is 608. The third-order valence-corrected chi connectivity index (χ3v) is 2.50. The van der Waals surface area contributed by atoms with Crippen LogP contribution < -0.4 is 5.32 Å². The summed E-state index contributed by atoms with van der Waals surface area (Å²) in [6.07, 6.45) is 0. The summed E-state index contributed by atoms with van der Waals surface area (Å²) in [4.78, 5) is 11.6. The van der Waals surface area contributed by atoms with E-state index in [1.165, 1.54) is 0 Å². The summed E-state index contributed by atoms with van der Waals surface area (Å²) in [5, 5.41) is 14.0. The van der Waals surface area contributed by atoms with Crippen molar-refractivity contribution in [2.24, 2.45) is 0 Å². The minimum absolute atomic E-state index is 0. The molecular weight excluding hydrogens is 303 g/mol. The van der Waals surface area contributed by atoms with Crippen molar-refractivity contribution in [1.82, 2.24) is 0 Å². The number of nitrogens with one attached hydrogen (secondary N) is 1. The van der Waals surface area contributed by atoms with Gasteiger partial charge in [0.2, 0.25) is 0 Å². The van der Waals surface area contributed by atoms with Crippen molar-refractivity contribution >= 4 is 22.4 Å². The molecule has 0 aliphatic rings. The van der Waals surface area contributed by atoms with Gasteiger partial charge in [-0.05, 0) is 30.5 Å². The molecule has 0 aromatic heterocycles. The first-order chi connectivity index (χ1) is 8.08. The number of carbonyl (C=O) groups excluding carboxylic acids is 1. The summed E-state index contributed by atoms with van der Waals surface area (Å²) in [6.45, 7) is 5.24. The van der Waals surface area contributed by atoms with Crippen LogP contribution >= 0.6 is 0 Å². The van der Waals surface area contributed by atoms with Gasteiger partial charge in [-0.1, -0.05) is 24.8 Å². The third kappa shape index (κ3) is 3.18. The van der Waals surface area contributed by atoms with E-state index in [1.54, 1.807) is 31.2 Å². The van der Waals surface area contributed by atoms with Crippen LogP contribution in [0.1, 0.15) is 6.92 Å². The Morgan fingerprint density at radius 3 is 2.67 bits per heavy atom. The molecule has 89 valence electrons. The van der Waals surface area contributed by atoms with Gasteiger partial charge < -0.3 is 10.4 Å². The SMILES string of the molecule is C=C(C)C(=O)Nc1cccc2ccc(O)cc12.[Y]. The number of amides is 1. The molecule has 0 heterocycles. The minimum Gasteiger partial charge on any atom is -0.508 e. The first-order valence-electron chi connectivity index (χ1n) is 5.26. The molecule has 2 N–H and O–H groups in total. The van der Waals surface area contributed by atoms with Crippen LogP contribution in [0.2, 0.25) is 0 Å². The number of hydrogen-bond acceptors (Lipinski definition) is 2. The van der Waals surface area contributed by atoms with E-state index < -0.39 is 0 Å². The predicted molar refractivity (Wildman–Crippen MR) is 69.1 cm³/mol. The van der Waals surface area contributed by atoms with Gasteiger partial charge in [-0.3, -0.25) is 4.79 Å². The van der Waals surface area contributed by atoms with Gasteiger partial charge in [0.05, 0.1) is 0 Å². The number of fused-ring (bicyclic) bond motifs is 1. The van der Waals surface area contributed by atoms with Crippen LogP contribution in [-0.4, -0.2) is 11.0 Å². The van der Waals surface area contributed by atoms with Crippen molar-refractivity contribution in [1.29, 1.82) is 0 Å². The second kappa shape index (κ2) is 6.12. The molecule has 0 aliphatic heterocycles. The molecule has 2 aromatic rings. The van der Waals surface area contributed by atoms with Gasteiger partial charge in [0.1, 0.15) is 5.75 Å². The number of carbonyl (C=O) groups is 1. The van der Waals surface area contributed by atoms with E-state index in [0.717, 1.165) is 10.8 Å². The number of anilines is 1. The smallest absolute Gasteiger partial charge is 0.250 e. The third-order valence-electron chi connectivity index (χ3n) is 2.50. The summed E-state index contributed by atoms with van der Waals surface area (Å²) in [5.74, 6) is -0.0460. The molecule has 1 radical (unpaired) electrons. The monoisotopic (exact) mass is 316 g/mol. The Morgan fingerprint density at radius 2 is 2.00 bits per heavy atom. The summed E-state index contributed by atoms with van der Waals surface area (Å²) in [5.41, 5.74) is 1.12. The summed E-state index contributed by atoms with van der Waals surface area (Å²) in [7, 11) is 0. The average Bonchev–Trinajstić information content (AvgIpc) is 2.29. The van der Waals surface area contributed by atoms with E-state index in [9.17, 15) is 9.90 Å². The number of benzene rings is 2. The van der Waals surface area contributed by atoms with Crippen molar-refractivity contribution in [3.63, 3.8) is 0 Å². The van der Waals surface area contributed by atoms with E-state index >= 15 is 0 Å². The van der Waals surface area contributed by atoms with E-state index in [2.05, 4.69) is 11.9 Å². The second-order valence-corrected chi connectivity index (χ2v) is 3.95. The molecule has 0 saturated carbocycles. The molecule has 3 nitrogen and oxygen atoms in total. The molecule has 2 aromatic carbocycles. The largest absolute Gasteiger partial charge is 0.508 e. The zero-order valence-corrected chi connectivity index (χ0v) is 12.9. The van der Waals surface area contributed by atoms with Crippen molar-refractivity contribution in [2.75, 3.05) is 5.32 Å². The molecule has 0 saturated heterocycles. The molecule has 1 amide bonds. The van der Waals surface area contributed by atoms with Crippen LogP contribution in [0.25, 0.3) is 10.8 Å². The molecule has 4 heteroatoms. The maximum atomic E-state index is 11.6. The Balaban J connectivity index is 0.00000162. The molecule has 0 atom stereocenters. The minimum atomic E-state index is -0.221. The fourth-order valence-corrected chi connectivity index (χ4v) is 1.60. The van der Waals surface area contributed by atoms with Gasteiger partial charge in [0, 0.05) is 49.4 Å². The van der Waals surface area contributed by atoms with Crippen LogP contribution in [0.4, 0.5) is 5.69 Å². The van der Waals surface area contributed by atoms with Crippen LogP contribution in [0.3, 0.4) is 0 Å². The fourth-order valence-electron chi connectivity index (χ4n) is 1.60. The van der Waals surface area contributed by atoms with Crippen LogP contribution in [-0.2, 0) is 37.5 Å². The van der Waals surface area contributed by atoms with Crippen molar-refractivity contribution in [3.05, 3.63) is 48.6 Å². The molecule has 18 heavy (non-hydrogen) atoms. The Morgan fingerprint density at radius 1 is 1.28 bits per heavy atom. The quantitative estimate of drug-likeness (QED) is 0.837. The van der Waals surface area contributed by atoms with Gasteiger partial charge >= 0.3 is 0 Å². The topological polar surface area (TPSA) is 49.3 Å². The number of phenolic OH excluding ortho intramolecular Hbond substituents is 1. The van der Waals surface area contributed by atoms with Gasteiger partial charge in [-0.15, -0.1) is 0 Å². The fraction of sp³-hybridized carbons (Fsp3) is 0.0714. The maximum Gasteiger partial charge on any atom is 0.250 e. The standard InChI is InChI=1S/C14H13NO2.Y/c1-9(2)14(17)15-13-5-3-4-10-6-7-11(16)8-12(10)13;/h3-8,16H,1H2,2H3,(H,15,17);. The zero-order chi connectivity index (χ0) is 12.4. The van der Waals surface area contributed by atoms with Gasteiger partial charge in [-0.25, -0.2) is 0 Å². The van der Waals surface area contributed by atoms with E-state index in [1.807, 2.05) is 12.1 Å². The molecule has 2 rings (SSSR count). The van der Waals surface area contributed by atoms with Crippen molar-refractivity contribution in [3.8, 4) is 5.75 Å². The van der Waals surface area contributed by atoms with E-state index in [4.69, 9.17) is 0 Å². The second-order valence-electron chi connectivity index (χ2n) is 3.95. The first kappa shape index (κ1) is 14.9. The molecule has 0 unspecified atom stereocenters. The Hall–Kier alpha value is -1.19. The van der Waals surface area contributed by atoms with E-state index in [0.29, 0.717) is 11.3 Å².